The summed E-state index contributed by atoms with van der Waals surface area (Å²) in [7, 11) is 0. The molecule has 0 aliphatic carbocycles. The van der Waals surface area contributed by atoms with Crippen LogP contribution in [-0.4, -0.2) is 251 Å². The molecule has 12 aliphatic rings. The molecule has 28 nitrogen and oxygen atoms in total. The van der Waals surface area contributed by atoms with Crippen LogP contribution in [0.3, 0.4) is 0 Å². The summed E-state index contributed by atoms with van der Waals surface area (Å²) in [6.07, 6.45) is 22.1. The summed E-state index contributed by atoms with van der Waals surface area (Å²) >= 11 is 0. The fraction of sp³-hybridized carbons (Fsp3) is 0.491. The van der Waals surface area contributed by atoms with E-state index in [1.165, 1.54) is 52.1 Å². The van der Waals surface area contributed by atoms with Crippen molar-refractivity contribution in [2.75, 3.05) is 144 Å². The lowest BCUT2D eigenvalue weighted by molar-refractivity contribution is -0.130. The fourth-order valence-electron chi connectivity index (χ4n) is 22.8. The number of benzene rings is 4. The molecule has 24 rings (SSSR count). The summed E-state index contributed by atoms with van der Waals surface area (Å²) in [6.45, 7) is 25.3. The number of nitrogens with zero attached hydrogens (tertiary/aromatic N) is 20. The van der Waals surface area contributed by atoms with Crippen molar-refractivity contribution < 1.29 is 55.7 Å². The lowest BCUT2D eigenvalue weighted by atomic mass is 9.97. The van der Waals surface area contributed by atoms with Gasteiger partial charge in [-0.1, -0.05) is 84.9 Å². The number of halogens is 4. The van der Waals surface area contributed by atoms with Gasteiger partial charge in [0, 0.05) is 310 Å². The first-order valence-corrected chi connectivity index (χ1v) is 49.6. The van der Waals surface area contributed by atoms with Gasteiger partial charge in [-0.2, -0.15) is 20.4 Å². The maximum Gasteiger partial charge on any atom is 0.266 e. The number of hydrogen-bond acceptors (Lipinski definition) is 20. The van der Waals surface area contributed by atoms with E-state index in [-0.39, 0.29) is 67.3 Å². The van der Waals surface area contributed by atoms with Gasteiger partial charge in [0.2, 0.25) is 23.6 Å². The average Bonchev–Trinajstić information content (AvgIpc) is 1.60. The SMILES string of the molecule is CC(=O)N1CCc2c(c(-c3cccc4cc(N5CC=CC5)ncc34)nn2C2CCOCC2)C1.CC(=O)N1CCc2c(c(-c3cccc4cc(N5CCC(F)(F)C5)ncc34)nn2C2CCOCC2)C1.CC(=O)N1CCc2c(c(-c3cccc4cc(N5CCCC5(C)C)ncc34)nn2C2CCOCC2)C1.CC(=O)N1CCc2c(c(-c3cccc4cc(N5C[C@@H](F)[C@@H](F)C5)ncc34)nn2C2CCOCC2)C1. The van der Waals surface area contributed by atoms with Crippen molar-refractivity contribution in [3.63, 3.8) is 0 Å². The molecule has 4 amide bonds. The quantitative estimate of drug-likeness (QED) is 0.0813. The highest BCUT2D eigenvalue weighted by Gasteiger charge is 2.42. The number of pyridine rings is 4. The third-order valence-corrected chi connectivity index (χ3v) is 30.6. The van der Waals surface area contributed by atoms with E-state index in [4.69, 9.17) is 49.3 Å². The van der Waals surface area contributed by atoms with Crippen molar-refractivity contribution in [2.24, 2.45) is 0 Å². The normalized spacial score (nSPS) is 20.7. The first-order valence-electron chi connectivity index (χ1n) is 49.6. The summed E-state index contributed by atoms with van der Waals surface area (Å²) in [4.78, 5) is 83.4. The molecule has 7 saturated heterocycles. The molecule has 0 spiro atoms. The monoisotopic (exact) mass is 1880 g/mol. The Morgan fingerprint density at radius 1 is 0.370 bits per heavy atom. The van der Waals surface area contributed by atoms with E-state index in [2.05, 4.69) is 113 Å². The average molecular weight is 1880 g/mol. The maximum absolute atomic E-state index is 13.8. The number of fused-ring (bicyclic) bond motifs is 8. The highest BCUT2D eigenvalue weighted by molar-refractivity contribution is 6.01. The molecule has 8 aromatic heterocycles. The third kappa shape index (κ3) is 18.3. The molecular weight excluding hydrogens is 1760 g/mol. The Morgan fingerprint density at radius 2 is 0.667 bits per heavy atom. The van der Waals surface area contributed by atoms with Crippen LogP contribution in [0.1, 0.15) is 181 Å². The largest absolute Gasteiger partial charge is 0.381 e. The number of amides is 4. The molecule has 2 atom stereocenters. The lowest BCUT2D eigenvalue weighted by Gasteiger charge is -2.32. The standard InChI is InChI=1S/C28H35N5O2.2C26H29F2N5O2.C26H29N5O2/c1-19(34)31-13-8-25-24(18-31)27(30-33(25)21-9-14-35-15-10-21)22-7-4-6-20-16-26(29-17-23(20)22)32-12-5-11-28(32,2)3;1-17(34)31-9-5-23-22(15-31)25(30-33(23)19-6-11-35-12-7-19)20-4-2-3-18-13-24(29-14-21(18)20)32-10-8-26(27,28)16-32;1-16(34)31-8-5-24-21(13-31)26(30-33(24)18-6-9-35-10-7-18)19-4-2-3-17-11-25(29-12-20(17)19)32-14-22(27)23(28)15-32;1-18(32)30-12-7-24-23(17-30)26(28-31(24)20-8-13-33-14-9-20)21-6-4-5-19-15-25(27-16-22(19)21)29-10-2-3-11-29/h4,6-7,16-17,21H,5,8-15,18H2,1-3H3;2-4,13-14,19H,5-12,15-16H2,1H3;2-4,11-12,18,22-23H,5-10,13-15H2,1H3;2-6,15-16,20H,7-14,17H2,1H3/t;;22-,23+;. The number of carbonyl (C=O) groups excluding carboxylic acids is 4. The topological polar surface area (TPSA) is 254 Å². The zero-order valence-corrected chi connectivity index (χ0v) is 79.8. The predicted molar refractivity (Wildman–Crippen MR) is 523 cm³/mol. The van der Waals surface area contributed by atoms with E-state index < -0.39 is 18.3 Å². The first kappa shape index (κ1) is 92.1. The van der Waals surface area contributed by atoms with Crippen LogP contribution in [0, 0.1) is 0 Å². The molecule has 0 saturated carbocycles. The molecule has 0 N–H and O–H groups in total. The third-order valence-electron chi connectivity index (χ3n) is 30.6. The van der Waals surface area contributed by atoms with Gasteiger partial charge < -0.3 is 58.1 Å². The molecule has 20 heterocycles. The highest BCUT2D eigenvalue weighted by Crippen LogP contribution is 2.46. The van der Waals surface area contributed by atoms with Crippen molar-refractivity contribution in [3.8, 4) is 45.0 Å². The zero-order valence-electron chi connectivity index (χ0n) is 79.8. The minimum absolute atomic E-state index is 0.0171. The number of alkyl halides is 4. The van der Waals surface area contributed by atoms with Crippen LogP contribution >= 0.6 is 0 Å². The Bertz CT molecular complexity index is 6450. The van der Waals surface area contributed by atoms with E-state index in [0.29, 0.717) is 69.5 Å². The molecule has 0 radical (unpaired) electrons. The van der Waals surface area contributed by atoms with Gasteiger partial charge in [0.1, 0.15) is 23.3 Å². The molecule has 4 aromatic carbocycles. The lowest BCUT2D eigenvalue weighted by Crippen LogP contribution is -2.38. The molecule has 138 heavy (non-hydrogen) atoms. The van der Waals surface area contributed by atoms with Crippen molar-refractivity contribution >= 4 is 90.0 Å². The minimum atomic E-state index is -2.67. The maximum atomic E-state index is 13.8. The molecule has 12 aliphatic heterocycles. The Hall–Kier alpha value is -12.3. The number of carbonyl (C=O) groups is 4. The van der Waals surface area contributed by atoms with Crippen LogP contribution < -0.4 is 19.6 Å². The Balaban J connectivity index is 0.000000110. The van der Waals surface area contributed by atoms with Crippen LogP contribution in [0.2, 0.25) is 0 Å². The van der Waals surface area contributed by atoms with Crippen LogP contribution in [0.15, 0.2) is 134 Å². The van der Waals surface area contributed by atoms with Crippen molar-refractivity contribution in [1.29, 1.82) is 0 Å². The second kappa shape index (κ2) is 38.8. The van der Waals surface area contributed by atoms with Crippen molar-refractivity contribution in [2.45, 2.75) is 212 Å². The van der Waals surface area contributed by atoms with Crippen LogP contribution in [0.4, 0.5) is 40.8 Å². The van der Waals surface area contributed by atoms with Gasteiger partial charge in [-0.05, 0) is 124 Å². The molecule has 32 heteroatoms. The summed E-state index contributed by atoms with van der Waals surface area (Å²) in [5.74, 6) is 0.902. The number of anilines is 4. The van der Waals surface area contributed by atoms with Gasteiger partial charge in [-0.3, -0.25) is 37.9 Å². The van der Waals surface area contributed by atoms with E-state index in [9.17, 15) is 36.7 Å². The van der Waals surface area contributed by atoms with Gasteiger partial charge in [-0.15, -0.1) is 0 Å². The molecule has 7 fully saturated rings. The summed E-state index contributed by atoms with van der Waals surface area (Å²) in [5.41, 5.74) is 17.5. The zero-order chi connectivity index (χ0) is 94.8. The Morgan fingerprint density at radius 3 is 0.957 bits per heavy atom. The Labute approximate surface area is 800 Å². The van der Waals surface area contributed by atoms with Crippen LogP contribution in [0.5, 0.6) is 0 Å². The molecule has 12 aromatic rings. The van der Waals surface area contributed by atoms with E-state index in [1.54, 1.807) is 49.9 Å². The smallest absolute Gasteiger partial charge is 0.266 e. The summed E-state index contributed by atoms with van der Waals surface area (Å²) in [6, 6.07) is 34.4. The van der Waals surface area contributed by atoms with E-state index in [0.717, 1.165) is 268 Å². The number of aromatic nitrogens is 12. The molecule has 0 unspecified atom stereocenters. The van der Waals surface area contributed by atoms with Crippen LogP contribution in [-0.2, 0) is 90.0 Å². The summed E-state index contributed by atoms with van der Waals surface area (Å²) < 4.78 is 86.3. The van der Waals surface area contributed by atoms with E-state index >= 15 is 0 Å². The second-order valence-corrected chi connectivity index (χ2v) is 39.7. The molecule has 722 valence electrons. The van der Waals surface area contributed by atoms with Crippen molar-refractivity contribution in [3.05, 3.63) is 179 Å². The van der Waals surface area contributed by atoms with E-state index in [1.807, 2.05) is 80.5 Å². The Kier molecular flexibility index (Phi) is 25.9. The van der Waals surface area contributed by atoms with Gasteiger partial charge in [0.25, 0.3) is 5.92 Å². The van der Waals surface area contributed by atoms with Gasteiger partial charge in [-0.25, -0.2) is 37.5 Å². The van der Waals surface area contributed by atoms with Crippen LogP contribution in [0.25, 0.3) is 88.1 Å². The van der Waals surface area contributed by atoms with Gasteiger partial charge in [0.05, 0.1) is 66.6 Å². The molecular formula is C106H122F4N20O8. The minimum Gasteiger partial charge on any atom is -0.381 e. The predicted octanol–water partition coefficient (Wildman–Crippen LogP) is 16.5. The number of hydrogen-bond donors (Lipinski definition) is 0. The summed E-state index contributed by atoms with van der Waals surface area (Å²) in [5, 5.41) is 29.0. The van der Waals surface area contributed by atoms with Crippen molar-refractivity contribution in [1.82, 2.24) is 78.7 Å². The second-order valence-electron chi connectivity index (χ2n) is 39.7. The fourth-order valence-corrected chi connectivity index (χ4v) is 22.8. The number of ether oxygens (including phenoxy) is 4. The first-order chi connectivity index (χ1) is 67.0. The number of rotatable bonds is 12. The van der Waals surface area contributed by atoms with Gasteiger partial charge in [0.15, 0.2) is 12.3 Å². The molecule has 0 bridgehead atoms. The highest BCUT2D eigenvalue weighted by atomic mass is 19.3. The van der Waals surface area contributed by atoms with Gasteiger partial charge >= 0.3 is 0 Å².